The predicted octanol–water partition coefficient (Wildman–Crippen LogP) is 4.06. The molecule has 0 aliphatic carbocycles. The first kappa shape index (κ1) is 23.8. The summed E-state index contributed by atoms with van der Waals surface area (Å²) in [6, 6.07) is 8.68. The van der Waals surface area contributed by atoms with E-state index in [0.717, 1.165) is 69.3 Å². The van der Waals surface area contributed by atoms with Gasteiger partial charge in [-0.15, -0.1) is 0 Å². The number of aromatic amines is 2. The molecular formula is C28H31FN6O2. The third kappa shape index (κ3) is 4.66. The molecule has 0 radical (unpaired) electrons. The second-order valence-electron chi connectivity index (χ2n) is 9.67. The van der Waals surface area contributed by atoms with E-state index >= 15 is 4.39 Å². The van der Waals surface area contributed by atoms with Crippen LogP contribution in [0, 0.1) is 5.82 Å². The number of fused-ring (bicyclic) bond motifs is 1. The first-order valence-electron chi connectivity index (χ1n) is 12.9. The number of phenolic OH excluding ortho intramolecular Hbond substituents is 1. The van der Waals surface area contributed by atoms with Crippen molar-refractivity contribution < 1.29 is 14.2 Å². The summed E-state index contributed by atoms with van der Waals surface area (Å²) in [6.45, 7) is 9.48. The Hall–Kier alpha value is -3.53. The van der Waals surface area contributed by atoms with Crippen LogP contribution in [0.15, 0.2) is 42.6 Å². The Morgan fingerprint density at radius 3 is 2.73 bits per heavy atom. The molecule has 1 fully saturated rings. The average Bonchev–Trinajstić information content (AvgIpc) is 3.68. The van der Waals surface area contributed by atoms with Crippen LogP contribution in [0.25, 0.3) is 39.1 Å². The molecule has 0 unspecified atom stereocenters. The molecule has 37 heavy (non-hydrogen) atoms. The number of nitrogens with zero attached hydrogens (tertiary/aromatic N) is 4. The summed E-state index contributed by atoms with van der Waals surface area (Å²) in [4.78, 5) is 12.9. The maximum absolute atomic E-state index is 15.6. The van der Waals surface area contributed by atoms with Crippen LogP contribution < -0.4 is 0 Å². The van der Waals surface area contributed by atoms with Crippen LogP contribution in [0.5, 0.6) is 5.75 Å². The number of aromatic nitrogens is 4. The number of halogens is 1. The molecule has 2 aromatic heterocycles. The number of aromatic hydroxyl groups is 1. The Kier molecular flexibility index (Phi) is 6.50. The Morgan fingerprint density at radius 1 is 1.08 bits per heavy atom. The highest BCUT2D eigenvalue weighted by Gasteiger charge is 2.22. The lowest BCUT2D eigenvalue weighted by molar-refractivity contribution is 0.0346. The molecule has 9 heteroatoms. The van der Waals surface area contributed by atoms with E-state index < -0.39 is 0 Å². The zero-order valence-electron chi connectivity index (χ0n) is 20.9. The van der Waals surface area contributed by atoms with Gasteiger partial charge in [-0.2, -0.15) is 5.10 Å². The number of aryl methyl sites for hydroxylation is 1. The van der Waals surface area contributed by atoms with E-state index in [1.54, 1.807) is 24.3 Å². The quantitative estimate of drug-likeness (QED) is 0.353. The van der Waals surface area contributed by atoms with E-state index in [-0.39, 0.29) is 11.6 Å². The van der Waals surface area contributed by atoms with Gasteiger partial charge in [0.25, 0.3) is 0 Å². The van der Waals surface area contributed by atoms with Crippen LogP contribution >= 0.6 is 0 Å². The number of H-pyrrole nitrogens is 2. The number of nitrogens with one attached hydrogen (secondary N) is 2. The molecular weight excluding hydrogens is 471 g/mol. The standard InChI is InChI=1S/C28H31FN6O2/c1-2-18-15-20(36)3-4-21(18)22-5-6-23-26(25(22)29)32-33-27(23)28-30-16-24(31-28)19-7-8-35(17-19)10-9-34-11-13-37-14-12-34/h3-7,15-16,36H,2,8-14,17H2,1H3,(H,30,31)(H,32,33). The molecule has 192 valence electrons. The average molecular weight is 503 g/mol. The molecule has 6 rings (SSSR count). The van der Waals surface area contributed by atoms with Crippen molar-refractivity contribution in [3.05, 3.63) is 59.7 Å². The van der Waals surface area contributed by atoms with Crippen LogP contribution in [-0.2, 0) is 11.2 Å². The number of hydrogen-bond acceptors (Lipinski definition) is 6. The molecule has 2 aromatic carbocycles. The third-order valence-corrected chi connectivity index (χ3v) is 7.39. The predicted molar refractivity (Wildman–Crippen MR) is 142 cm³/mol. The molecule has 0 atom stereocenters. The molecule has 3 N–H and O–H groups in total. The van der Waals surface area contributed by atoms with Crippen molar-refractivity contribution in [1.29, 1.82) is 0 Å². The van der Waals surface area contributed by atoms with Crippen molar-refractivity contribution in [3.63, 3.8) is 0 Å². The highest BCUT2D eigenvalue weighted by Crippen LogP contribution is 2.35. The van der Waals surface area contributed by atoms with Gasteiger partial charge >= 0.3 is 0 Å². The smallest absolute Gasteiger partial charge is 0.159 e. The summed E-state index contributed by atoms with van der Waals surface area (Å²) in [7, 11) is 0. The van der Waals surface area contributed by atoms with Gasteiger partial charge in [0.15, 0.2) is 11.6 Å². The Balaban J connectivity index is 1.20. The van der Waals surface area contributed by atoms with Crippen molar-refractivity contribution in [2.24, 2.45) is 0 Å². The van der Waals surface area contributed by atoms with Crippen LogP contribution in [0.4, 0.5) is 4.39 Å². The third-order valence-electron chi connectivity index (χ3n) is 7.39. The lowest BCUT2D eigenvalue weighted by atomic mass is 9.96. The van der Waals surface area contributed by atoms with Gasteiger partial charge in [0.2, 0.25) is 0 Å². The van der Waals surface area contributed by atoms with Crippen LogP contribution in [0.3, 0.4) is 0 Å². The van der Waals surface area contributed by atoms with Crippen molar-refractivity contribution in [2.45, 2.75) is 13.3 Å². The van der Waals surface area contributed by atoms with Crippen LogP contribution in [0.1, 0.15) is 18.2 Å². The van der Waals surface area contributed by atoms with E-state index in [9.17, 15) is 5.11 Å². The molecule has 0 spiro atoms. The van der Waals surface area contributed by atoms with Crippen molar-refractivity contribution >= 4 is 16.5 Å². The van der Waals surface area contributed by atoms with Gasteiger partial charge in [-0.25, -0.2) is 9.37 Å². The molecule has 0 amide bonds. The fourth-order valence-electron chi connectivity index (χ4n) is 5.26. The highest BCUT2D eigenvalue weighted by atomic mass is 19.1. The fourth-order valence-corrected chi connectivity index (χ4v) is 5.26. The van der Waals surface area contributed by atoms with E-state index in [4.69, 9.17) is 9.72 Å². The zero-order chi connectivity index (χ0) is 25.4. The summed E-state index contributed by atoms with van der Waals surface area (Å²) in [5.41, 5.74) is 5.16. The molecule has 8 nitrogen and oxygen atoms in total. The number of ether oxygens (including phenoxy) is 1. The molecule has 2 aliphatic rings. The number of benzene rings is 2. The highest BCUT2D eigenvalue weighted by molar-refractivity contribution is 5.95. The maximum Gasteiger partial charge on any atom is 0.159 e. The molecule has 4 heterocycles. The van der Waals surface area contributed by atoms with Gasteiger partial charge in [0.05, 0.1) is 18.9 Å². The first-order chi connectivity index (χ1) is 18.1. The summed E-state index contributed by atoms with van der Waals surface area (Å²) in [6.07, 6.45) is 4.82. The Labute approximate surface area is 214 Å². The maximum atomic E-state index is 15.6. The largest absolute Gasteiger partial charge is 0.508 e. The van der Waals surface area contributed by atoms with Gasteiger partial charge in [-0.1, -0.05) is 25.1 Å². The van der Waals surface area contributed by atoms with Gasteiger partial charge in [-0.05, 0) is 41.3 Å². The minimum absolute atomic E-state index is 0.178. The van der Waals surface area contributed by atoms with Gasteiger partial charge in [-0.3, -0.25) is 14.9 Å². The SMILES string of the molecule is CCc1cc(O)ccc1-c1ccc2c(-c3nc(C4=CCN(CCN5CCOCC5)C4)c[nH]3)n[nH]c2c1F. The minimum Gasteiger partial charge on any atom is -0.508 e. The van der Waals surface area contributed by atoms with Crippen molar-refractivity contribution in [1.82, 2.24) is 30.0 Å². The molecule has 4 aromatic rings. The summed E-state index contributed by atoms with van der Waals surface area (Å²) < 4.78 is 21.1. The second-order valence-corrected chi connectivity index (χ2v) is 9.67. The fraction of sp³-hybridized carbons (Fsp3) is 0.357. The topological polar surface area (TPSA) is 93.3 Å². The monoisotopic (exact) mass is 502 g/mol. The van der Waals surface area contributed by atoms with Crippen LogP contribution in [-0.4, -0.2) is 87.6 Å². The number of rotatable bonds is 7. The lowest BCUT2D eigenvalue weighted by Crippen LogP contribution is -2.41. The summed E-state index contributed by atoms with van der Waals surface area (Å²) in [5.74, 6) is 0.426. The number of hydrogen-bond donors (Lipinski definition) is 3. The van der Waals surface area contributed by atoms with Crippen molar-refractivity contribution in [2.75, 3.05) is 52.5 Å². The van der Waals surface area contributed by atoms with E-state index in [1.165, 1.54) is 5.57 Å². The molecule has 0 saturated carbocycles. The summed E-state index contributed by atoms with van der Waals surface area (Å²) >= 11 is 0. The number of phenols is 1. The first-order valence-corrected chi connectivity index (χ1v) is 12.9. The number of morpholine rings is 1. The molecule has 1 saturated heterocycles. The number of imidazole rings is 1. The van der Waals surface area contributed by atoms with Crippen LogP contribution in [0.2, 0.25) is 0 Å². The Bertz CT molecular complexity index is 1450. The van der Waals surface area contributed by atoms with Gasteiger partial charge in [0.1, 0.15) is 17.0 Å². The minimum atomic E-state index is -0.363. The van der Waals surface area contributed by atoms with E-state index in [0.29, 0.717) is 34.4 Å². The summed E-state index contributed by atoms with van der Waals surface area (Å²) in [5, 5.41) is 17.8. The molecule has 0 bridgehead atoms. The van der Waals surface area contributed by atoms with Gasteiger partial charge < -0.3 is 14.8 Å². The lowest BCUT2D eigenvalue weighted by Gasteiger charge is -2.28. The van der Waals surface area contributed by atoms with E-state index in [1.807, 2.05) is 19.2 Å². The normalized spacial score (nSPS) is 17.1. The van der Waals surface area contributed by atoms with Crippen molar-refractivity contribution in [3.8, 4) is 28.4 Å². The zero-order valence-corrected chi connectivity index (χ0v) is 20.9. The van der Waals surface area contributed by atoms with Gasteiger partial charge in [0, 0.05) is 56.4 Å². The molecule has 2 aliphatic heterocycles. The Morgan fingerprint density at radius 2 is 1.89 bits per heavy atom. The van der Waals surface area contributed by atoms with E-state index in [2.05, 4.69) is 31.1 Å². The second kappa shape index (κ2) is 10.1.